The topological polar surface area (TPSA) is 67.1 Å². The molecule has 22 heavy (non-hydrogen) atoms. The summed E-state index contributed by atoms with van der Waals surface area (Å²) in [6.45, 7) is 3.92. The van der Waals surface area contributed by atoms with E-state index < -0.39 is 0 Å². The second-order valence-corrected chi connectivity index (χ2v) is 5.57. The Morgan fingerprint density at radius 1 is 1.05 bits per heavy atom. The largest absolute Gasteiger partial charge is 0.399 e. The standard InChI is InChI=1S/C18H19N3O/c1-12(13-7-9-15(19)10-8-13)20-21-18(22)17-11-16(17)14-5-3-2-4-6-14/h2-10,16-17,20H,1,11,19H2,(H,21,22). The molecule has 2 aromatic carbocycles. The van der Waals surface area contributed by atoms with Crippen LogP contribution in [0.5, 0.6) is 0 Å². The van der Waals surface area contributed by atoms with Crippen molar-refractivity contribution in [2.75, 3.05) is 5.73 Å². The first kappa shape index (κ1) is 14.2. The molecule has 4 N–H and O–H groups in total. The average Bonchev–Trinajstić information content (AvgIpc) is 3.34. The van der Waals surface area contributed by atoms with Crippen LogP contribution in [0, 0.1) is 5.92 Å². The van der Waals surface area contributed by atoms with Gasteiger partial charge in [0, 0.05) is 11.6 Å². The highest BCUT2D eigenvalue weighted by Crippen LogP contribution is 2.47. The number of anilines is 1. The van der Waals surface area contributed by atoms with Gasteiger partial charge in [-0.25, -0.2) is 0 Å². The Morgan fingerprint density at radius 3 is 2.41 bits per heavy atom. The molecule has 1 fully saturated rings. The van der Waals surface area contributed by atoms with Gasteiger partial charge >= 0.3 is 0 Å². The van der Waals surface area contributed by atoms with Gasteiger partial charge in [0.1, 0.15) is 0 Å². The Hall–Kier alpha value is -2.75. The van der Waals surface area contributed by atoms with E-state index in [9.17, 15) is 4.79 Å². The fraction of sp³-hybridized carbons (Fsp3) is 0.167. The molecule has 1 aliphatic carbocycles. The Bertz CT molecular complexity index is 679. The van der Waals surface area contributed by atoms with Crippen molar-refractivity contribution >= 4 is 17.3 Å². The third-order valence-electron chi connectivity index (χ3n) is 3.95. The van der Waals surface area contributed by atoms with Crippen molar-refractivity contribution in [3.8, 4) is 0 Å². The number of rotatable bonds is 5. The molecule has 0 spiro atoms. The molecule has 0 radical (unpaired) electrons. The maximum Gasteiger partial charge on any atom is 0.242 e. The van der Waals surface area contributed by atoms with Crippen molar-refractivity contribution in [2.24, 2.45) is 5.92 Å². The summed E-state index contributed by atoms with van der Waals surface area (Å²) in [6.07, 6.45) is 0.895. The van der Waals surface area contributed by atoms with E-state index in [4.69, 9.17) is 5.73 Å². The third-order valence-corrected chi connectivity index (χ3v) is 3.95. The molecule has 0 aliphatic heterocycles. The Kier molecular flexibility index (Phi) is 3.83. The van der Waals surface area contributed by atoms with E-state index in [0.717, 1.165) is 12.0 Å². The van der Waals surface area contributed by atoms with Gasteiger partial charge < -0.3 is 5.73 Å². The van der Waals surface area contributed by atoms with Crippen molar-refractivity contribution in [1.29, 1.82) is 0 Å². The maximum absolute atomic E-state index is 12.1. The van der Waals surface area contributed by atoms with Gasteiger partial charge in [0.2, 0.25) is 5.91 Å². The smallest absolute Gasteiger partial charge is 0.242 e. The minimum Gasteiger partial charge on any atom is -0.399 e. The van der Waals surface area contributed by atoms with Gasteiger partial charge in [-0.15, -0.1) is 0 Å². The normalized spacial score (nSPS) is 19.3. The van der Waals surface area contributed by atoms with Gasteiger partial charge in [0.05, 0.1) is 5.70 Å². The highest BCUT2D eigenvalue weighted by molar-refractivity contribution is 5.83. The second-order valence-electron chi connectivity index (χ2n) is 5.57. The van der Waals surface area contributed by atoms with Gasteiger partial charge in [0.15, 0.2) is 0 Å². The molecule has 4 nitrogen and oxygen atoms in total. The van der Waals surface area contributed by atoms with E-state index >= 15 is 0 Å². The number of carbonyl (C=O) groups is 1. The van der Waals surface area contributed by atoms with Crippen LogP contribution < -0.4 is 16.6 Å². The zero-order chi connectivity index (χ0) is 15.5. The molecule has 1 aliphatic rings. The molecule has 1 saturated carbocycles. The van der Waals surface area contributed by atoms with E-state index in [2.05, 4.69) is 29.6 Å². The SMILES string of the molecule is C=C(NNC(=O)C1CC1c1ccccc1)c1ccc(N)cc1. The zero-order valence-electron chi connectivity index (χ0n) is 12.3. The summed E-state index contributed by atoms with van der Waals surface area (Å²) in [4.78, 5) is 12.1. The summed E-state index contributed by atoms with van der Waals surface area (Å²) in [5.41, 5.74) is 14.7. The average molecular weight is 293 g/mol. The van der Waals surface area contributed by atoms with E-state index in [0.29, 0.717) is 17.3 Å². The predicted molar refractivity (Wildman–Crippen MR) is 88.5 cm³/mol. The molecule has 4 heteroatoms. The monoisotopic (exact) mass is 293 g/mol. The molecule has 0 bridgehead atoms. The van der Waals surface area contributed by atoms with Gasteiger partial charge in [-0.05, 0) is 35.6 Å². The van der Waals surface area contributed by atoms with Crippen LogP contribution in [0.2, 0.25) is 0 Å². The van der Waals surface area contributed by atoms with Crippen molar-refractivity contribution in [2.45, 2.75) is 12.3 Å². The quantitative estimate of drug-likeness (QED) is 0.586. The van der Waals surface area contributed by atoms with E-state index in [1.54, 1.807) is 12.1 Å². The molecule has 0 heterocycles. The number of amides is 1. The minimum absolute atomic E-state index is 0.00504. The molecule has 2 atom stereocenters. The first-order valence-electron chi connectivity index (χ1n) is 7.31. The Balaban J connectivity index is 1.51. The molecule has 112 valence electrons. The summed E-state index contributed by atoms with van der Waals surface area (Å²) in [6, 6.07) is 17.5. The van der Waals surface area contributed by atoms with Crippen LogP contribution in [0.15, 0.2) is 61.2 Å². The lowest BCUT2D eigenvalue weighted by Gasteiger charge is -2.11. The van der Waals surface area contributed by atoms with E-state index in [-0.39, 0.29) is 11.8 Å². The third kappa shape index (κ3) is 3.11. The fourth-order valence-electron chi connectivity index (χ4n) is 2.54. The van der Waals surface area contributed by atoms with Crippen LogP contribution in [0.4, 0.5) is 5.69 Å². The molecular formula is C18H19N3O. The first-order valence-corrected chi connectivity index (χ1v) is 7.31. The number of nitrogen functional groups attached to an aromatic ring is 1. The van der Waals surface area contributed by atoms with Crippen molar-refractivity contribution in [1.82, 2.24) is 10.9 Å². The lowest BCUT2D eigenvalue weighted by molar-refractivity contribution is -0.123. The van der Waals surface area contributed by atoms with Crippen LogP contribution in [-0.4, -0.2) is 5.91 Å². The van der Waals surface area contributed by atoms with Gasteiger partial charge in [-0.1, -0.05) is 49.0 Å². The van der Waals surface area contributed by atoms with Gasteiger partial charge in [-0.2, -0.15) is 0 Å². The minimum atomic E-state index is 0.00504. The summed E-state index contributed by atoms with van der Waals surface area (Å²) in [5, 5.41) is 0. The molecule has 2 unspecified atom stereocenters. The highest BCUT2D eigenvalue weighted by atomic mass is 16.2. The number of hydrogen-bond acceptors (Lipinski definition) is 3. The number of hydrazine groups is 1. The Labute approximate surface area is 130 Å². The zero-order valence-corrected chi connectivity index (χ0v) is 12.3. The number of benzene rings is 2. The summed E-state index contributed by atoms with van der Waals surface area (Å²) < 4.78 is 0. The molecule has 1 amide bonds. The summed E-state index contributed by atoms with van der Waals surface area (Å²) >= 11 is 0. The molecular weight excluding hydrogens is 274 g/mol. The molecule has 3 rings (SSSR count). The maximum atomic E-state index is 12.1. The highest BCUT2D eigenvalue weighted by Gasteiger charge is 2.43. The fourth-order valence-corrected chi connectivity index (χ4v) is 2.54. The lowest BCUT2D eigenvalue weighted by atomic mass is 10.1. The first-order chi connectivity index (χ1) is 10.6. The van der Waals surface area contributed by atoms with Crippen LogP contribution in [0.25, 0.3) is 5.70 Å². The Morgan fingerprint density at radius 2 is 1.73 bits per heavy atom. The van der Waals surface area contributed by atoms with Crippen LogP contribution >= 0.6 is 0 Å². The van der Waals surface area contributed by atoms with Crippen LogP contribution in [-0.2, 0) is 4.79 Å². The number of hydrogen-bond donors (Lipinski definition) is 3. The van der Waals surface area contributed by atoms with Crippen LogP contribution in [0.3, 0.4) is 0 Å². The number of nitrogens with two attached hydrogens (primary N) is 1. The van der Waals surface area contributed by atoms with Gasteiger partial charge in [-0.3, -0.25) is 15.6 Å². The lowest BCUT2D eigenvalue weighted by Crippen LogP contribution is -2.37. The predicted octanol–water partition coefficient (Wildman–Crippen LogP) is 2.66. The van der Waals surface area contributed by atoms with Crippen molar-refractivity contribution in [3.05, 3.63) is 72.3 Å². The number of carbonyl (C=O) groups excluding carboxylic acids is 1. The van der Waals surface area contributed by atoms with Gasteiger partial charge in [0.25, 0.3) is 0 Å². The number of nitrogens with one attached hydrogen (secondary N) is 2. The summed E-state index contributed by atoms with van der Waals surface area (Å²) in [7, 11) is 0. The second kappa shape index (κ2) is 5.93. The molecule has 0 saturated heterocycles. The van der Waals surface area contributed by atoms with E-state index in [1.165, 1.54) is 5.56 Å². The van der Waals surface area contributed by atoms with Crippen molar-refractivity contribution < 1.29 is 4.79 Å². The molecule has 2 aromatic rings. The van der Waals surface area contributed by atoms with Crippen molar-refractivity contribution in [3.63, 3.8) is 0 Å². The summed E-state index contributed by atoms with van der Waals surface area (Å²) in [5.74, 6) is 0.368. The van der Waals surface area contributed by atoms with Crippen LogP contribution in [0.1, 0.15) is 23.5 Å². The molecule has 0 aromatic heterocycles. The van der Waals surface area contributed by atoms with E-state index in [1.807, 2.05) is 30.3 Å².